The molecule has 2 N–H and O–H groups in total. The first-order valence-corrected chi connectivity index (χ1v) is 6.20. The Kier molecular flexibility index (Phi) is 4.32. The number of nitrogens with one attached hydrogen (secondary N) is 1. The van der Waals surface area contributed by atoms with Crippen molar-refractivity contribution in [2.45, 2.75) is 13.0 Å². The first kappa shape index (κ1) is 14.0. The first-order valence-electron chi connectivity index (χ1n) is 6.20. The van der Waals surface area contributed by atoms with E-state index in [1.165, 1.54) is 13.3 Å². The Hall–Kier alpha value is -2.40. The van der Waals surface area contributed by atoms with E-state index >= 15 is 0 Å². The lowest BCUT2D eigenvalue weighted by Gasteiger charge is -2.12. The highest BCUT2D eigenvalue weighted by Crippen LogP contribution is 2.22. The number of carbonyl (C=O) groups is 1. The van der Waals surface area contributed by atoms with Crippen molar-refractivity contribution in [1.82, 2.24) is 4.98 Å². The highest BCUT2D eigenvalue weighted by Gasteiger charge is 2.11. The van der Waals surface area contributed by atoms with Crippen molar-refractivity contribution in [1.29, 1.82) is 0 Å². The van der Waals surface area contributed by atoms with E-state index < -0.39 is 6.10 Å². The Morgan fingerprint density at radius 2 is 2.05 bits per heavy atom. The van der Waals surface area contributed by atoms with Gasteiger partial charge in [-0.1, -0.05) is 18.2 Å². The number of ether oxygens (including phenoxy) is 1. The molecule has 1 unspecified atom stereocenters. The lowest BCUT2D eigenvalue weighted by Crippen LogP contribution is -2.14. The molecule has 1 heterocycles. The second kappa shape index (κ2) is 6.16. The minimum atomic E-state index is -0.652. The van der Waals surface area contributed by atoms with Crippen molar-refractivity contribution in [3.8, 4) is 5.88 Å². The van der Waals surface area contributed by atoms with Crippen molar-refractivity contribution < 1.29 is 14.6 Å². The largest absolute Gasteiger partial charge is 0.481 e. The van der Waals surface area contributed by atoms with E-state index in [-0.39, 0.29) is 5.91 Å². The molecule has 104 valence electrons. The van der Waals surface area contributed by atoms with Crippen LogP contribution < -0.4 is 10.1 Å². The number of hydrogen-bond donors (Lipinski definition) is 2. The fraction of sp³-hybridized carbons (Fsp3) is 0.200. The number of aromatic nitrogens is 1. The van der Waals surface area contributed by atoms with Gasteiger partial charge in [0.05, 0.1) is 18.8 Å². The molecule has 0 saturated heterocycles. The Morgan fingerprint density at radius 1 is 1.30 bits per heavy atom. The molecule has 0 spiro atoms. The van der Waals surface area contributed by atoms with E-state index in [9.17, 15) is 9.90 Å². The van der Waals surface area contributed by atoms with Crippen molar-refractivity contribution in [2.24, 2.45) is 0 Å². The zero-order valence-electron chi connectivity index (χ0n) is 11.3. The van der Waals surface area contributed by atoms with Crippen LogP contribution in [0, 0.1) is 0 Å². The molecule has 2 aromatic rings. The van der Waals surface area contributed by atoms with Gasteiger partial charge in [-0.25, -0.2) is 4.98 Å². The minimum absolute atomic E-state index is 0.284. The minimum Gasteiger partial charge on any atom is -0.481 e. The van der Waals surface area contributed by atoms with Crippen molar-refractivity contribution in [3.63, 3.8) is 0 Å². The molecule has 5 nitrogen and oxygen atoms in total. The highest BCUT2D eigenvalue weighted by molar-refractivity contribution is 6.04. The summed E-state index contributed by atoms with van der Waals surface area (Å²) in [6.07, 6.45) is 0.791. The van der Waals surface area contributed by atoms with Crippen LogP contribution in [0.5, 0.6) is 5.88 Å². The molecule has 0 aliphatic carbocycles. The van der Waals surface area contributed by atoms with Crippen molar-refractivity contribution in [2.75, 3.05) is 12.4 Å². The number of carbonyl (C=O) groups excluding carboxylic acids is 1. The smallest absolute Gasteiger partial charge is 0.257 e. The van der Waals surface area contributed by atoms with Gasteiger partial charge in [0.25, 0.3) is 5.91 Å². The number of amides is 1. The molecule has 0 fully saturated rings. The number of rotatable bonds is 4. The summed E-state index contributed by atoms with van der Waals surface area (Å²) in [5.74, 6) is 0.166. The maximum atomic E-state index is 12.1. The SMILES string of the molecule is COc1ccc(C(=O)Nc2ccccc2C(C)O)cn1. The summed E-state index contributed by atoms with van der Waals surface area (Å²) < 4.78 is 4.94. The molecule has 5 heteroatoms. The molecule has 0 radical (unpaired) electrons. The van der Waals surface area contributed by atoms with Gasteiger partial charge in [0.2, 0.25) is 5.88 Å². The van der Waals surface area contributed by atoms with E-state index in [1.54, 1.807) is 37.3 Å². The van der Waals surface area contributed by atoms with Crippen LogP contribution in [0.1, 0.15) is 28.9 Å². The number of methoxy groups -OCH3 is 1. The van der Waals surface area contributed by atoms with E-state index in [1.807, 2.05) is 6.07 Å². The first-order chi connectivity index (χ1) is 9.61. The third-order valence-corrected chi connectivity index (χ3v) is 2.87. The van der Waals surface area contributed by atoms with Gasteiger partial charge in [0, 0.05) is 23.5 Å². The zero-order chi connectivity index (χ0) is 14.5. The normalized spacial score (nSPS) is 11.8. The van der Waals surface area contributed by atoms with Gasteiger partial charge < -0.3 is 15.2 Å². The zero-order valence-corrected chi connectivity index (χ0v) is 11.3. The van der Waals surface area contributed by atoms with E-state index in [2.05, 4.69) is 10.3 Å². The Balaban J connectivity index is 2.19. The van der Waals surface area contributed by atoms with Gasteiger partial charge in [-0.05, 0) is 19.1 Å². The van der Waals surface area contributed by atoms with Crippen LogP contribution in [0.2, 0.25) is 0 Å². The van der Waals surface area contributed by atoms with Gasteiger partial charge in [-0.2, -0.15) is 0 Å². The Labute approximate surface area is 117 Å². The lowest BCUT2D eigenvalue weighted by atomic mass is 10.1. The molecular weight excluding hydrogens is 256 g/mol. The molecule has 1 atom stereocenters. The van der Waals surface area contributed by atoms with Crippen LogP contribution in [0.25, 0.3) is 0 Å². The van der Waals surface area contributed by atoms with Crippen LogP contribution in [-0.2, 0) is 0 Å². The molecule has 0 aliphatic heterocycles. The number of nitrogens with zero attached hydrogens (tertiary/aromatic N) is 1. The van der Waals surface area contributed by atoms with Gasteiger partial charge in [0.1, 0.15) is 0 Å². The summed E-state index contributed by atoms with van der Waals surface area (Å²) in [5, 5.41) is 12.4. The molecule has 1 aromatic heterocycles. The third-order valence-electron chi connectivity index (χ3n) is 2.87. The predicted molar refractivity (Wildman–Crippen MR) is 75.8 cm³/mol. The van der Waals surface area contributed by atoms with Gasteiger partial charge in [0.15, 0.2) is 0 Å². The average Bonchev–Trinajstić information content (AvgIpc) is 2.47. The molecule has 0 bridgehead atoms. The average molecular weight is 272 g/mol. The number of hydrogen-bond acceptors (Lipinski definition) is 4. The predicted octanol–water partition coefficient (Wildman–Crippen LogP) is 2.40. The van der Waals surface area contributed by atoms with Gasteiger partial charge in [-0.15, -0.1) is 0 Å². The quantitative estimate of drug-likeness (QED) is 0.896. The Bertz CT molecular complexity index is 594. The lowest BCUT2D eigenvalue weighted by molar-refractivity contribution is 0.102. The molecule has 2 rings (SSSR count). The molecular formula is C15H16N2O3. The van der Waals surface area contributed by atoms with Gasteiger partial charge in [-0.3, -0.25) is 4.79 Å². The monoisotopic (exact) mass is 272 g/mol. The van der Waals surface area contributed by atoms with Crippen molar-refractivity contribution in [3.05, 3.63) is 53.7 Å². The summed E-state index contributed by atoms with van der Waals surface area (Å²) in [4.78, 5) is 16.1. The highest BCUT2D eigenvalue weighted by atomic mass is 16.5. The number of anilines is 1. The fourth-order valence-corrected chi connectivity index (χ4v) is 1.80. The summed E-state index contributed by atoms with van der Waals surface area (Å²) in [6, 6.07) is 10.4. The molecule has 1 amide bonds. The summed E-state index contributed by atoms with van der Waals surface area (Å²) in [5.41, 5.74) is 1.68. The maximum absolute atomic E-state index is 12.1. The van der Waals surface area contributed by atoms with E-state index in [0.717, 1.165) is 0 Å². The topological polar surface area (TPSA) is 71.5 Å². The molecule has 1 aromatic carbocycles. The van der Waals surface area contributed by atoms with E-state index in [4.69, 9.17) is 4.74 Å². The van der Waals surface area contributed by atoms with Crippen LogP contribution in [0.3, 0.4) is 0 Å². The van der Waals surface area contributed by atoms with Gasteiger partial charge >= 0.3 is 0 Å². The summed E-state index contributed by atoms with van der Waals surface area (Å²) >= 11 is 0. The number of para-hydroxylation sites is 1. The number of aliphatic hydroxyl groups excluding tert-OH is 1. The van der Waals surface area contributed by atoms with Crippen LogP contribution in [0.15, 0.2) is 42.6 Å². The van der Waals surface area contributed by atoms with Crippen LogP contribution in [0.4, 0.5) is 5.69 Å². The second-order valence-corrected chi connectivity index (χ2v) is 4.31. The van der Waals surface area contributed by atoms with Crippen molar-refractivity contribution >= 4 is 11.6 Å². The van der Waals surface area contributed by atoms with Crippen LogP contribution in [-0.4, -0.2) is 23.1 Å². The number of pyridine rings is 1. The molecule has 20 heavy (non-hydrogen) atoms. The summed E-state index contributed by atoms with van der Waals surface area (Å²) in [7, 11) is 1.51. The second-order valence-electron chi connectivity index (χ2n) is 4.31. The van der Waals surface area contributed by atoms with E-state index in [0.29, 0.717) is 22.7 Å². The summed E-state index contributed by atoms with van der Waals surface area (Å²) in [6.45, 7) is 1.65. The third kappa shape index (κ3) is 3.13. The van der Waals surface area contributed by atoms with Crippen LogP contribution >= 0.6 is 0 Å². The maximum Gasteiger partial charge on any atom is 0.257 e. The standard InChI is InChI=1S/C15H16N2O3/c1-10(18)12-5-3-4-6-13(12)17-15(19)11-7-8-14(20-2)16-9-11/h3-10,18H,1-2H3,(H,17,19). The Morgan fingerprint density at radius 3 is 2.65 bits per heavy atom. The molecule has 0 aliphatic rings. The number of benzene rings is 1. The number of aliphatic hydroxyl groups is 1. The molecule has 0 saturated carbocycles. The fourth-order valence-electron chi connectivity index (χ4n) is 1.80.